The first kappa shape index (κ1) is 65.5. The van der Waals surface area contributed by atoms with Crippen molar-refractivity contribution in [3.05, 3.63) is 338 Å². The minimum absolute atomic E-state index is 0. The molecule has 0 radical (unpaired) electrons. The SMILES string of the molecule is O=C(/C=C(\[O-])c1ccccc1)c1ccccc1.O=C(/C=C(\[O-])c1ccccc1)c1ccccc1.O=S(=O)([O-])C(F)(F)F.[O-][Si](c1ccccc1)(c1ccccc1)c1ccccc1.[O-][Si](c1ccccc1)(c1ccccc1)c1ccccc1.[U]. The van der Waals surface area contributed by atoms with E-state index in [9.17, 15) is 42.6 Å². The second kappa shape index (κ2) is 32.4. The van der Waals surface area contributed by atoms with Gasteiger partial charge in [0, 0.05) is 42.2 Å². The third kappa shape index (κ3) is 19.2. The topological polar surface area (TPSA) is 184 Å². The maximum atomic E-state index is 13.8. The largest absolute Gasteiger partial charge is 0.872 e. The molecule has 83 heavy (non-hydrogen) atoms. The third-order valence-electron chi connectivity index (χ3n) is 12.1. The molecule has 0 aliphatic heterocycles. The molecule has 10 aromatic rings. The van der Waals surface area contributed by atoms with Crippen LogP contribution >= 0.6 is 0 Å². The Labute approximate surface area is 507 Å². The summed E-state index contributed by atoms with van der Waals surface area (Å²) in [4.78, 5) is 51.2. The standard InChI is InChI=1S/2C18H15OSi.2C15H12O2.CHF3O3S.U/c2*19-20(16-10-4-1-5-11-16,17-12-6-2-7-13-17)18-14-8-3-9-15-18;2*16-14(12-7-3-1-4-8-12)11-15(17)13-9-5-2-6-10-13;2-1(3,4)8(5,6)7;/h2*1-15H;2*1-11,16H;(H,5,6,7);/q2*-1;;;;/p-3/b;;2*14-11-;;. The number of allylic oxidation sites excluding steroid dienone is 2. The zero-order valence-electron chi connectivity index (χ0n) is 44.2. The van der Waals surface area contributed by atoms with Gasteiger partial charge in [0.25, 0.3) is 0 Å². The van der Waals surface area contributed by atoms with Crippen LogP contribution in [0.2, 0.25) is 0 Å². The molecule has 0 aromatic heterocycles. The minimum atomic E-state index is -6.09. The summed E-state index contributed by atoms with van der Waals surface area (Å²) in [6, 6.07) is 93.6. The van der Waals surface area contributed by atoms with E-state index in [1.54, 1.807) is 97.1 Å². The van der Waals surface area contributed by atoms with Gasteiger partial charge in [-0.05, 0) is 23.3 Å². The van der Waals surface area contributed by atoms with Crippen LogP contribution in [0.5, 0.6) is 0 Å². The first-order valence-corrected chi connectivity index (χ1v) is 30.5. The Kier molecular flexibility index (Phi) is 25.6. The second-order valence-corrected chi connectivity index (χ2v) is 25.2. The van der Waals surface area contributed by atoms with Gasteiger partial charge in [-0.15, -0.1) is 0 Å². The fourth-order valence-corrected chi connectivity index (χ4v) is 14.0. The summed E-state index contributed by atoms with van der Waals surface area (Å²) < 4.78 is 58.9. The molecule has 0 fully saturated rings. The smallest absolute Gasteiger partial charge is 0.485 e. The number of carbonyl (C=O) groups is 2. The van der Waals surface area contributed by atoms with E-state index < -0.39 is 32.3 Å². The van der Waals surface area contributed by atoms with E-state index in [4.69, 9.17) is 13.0 Å². The van der Waals surface area contributed by atoms with Crippen molar-refractivity contribution < 1.29 is 86.6 Å². The van der Waals surface area contributed by atoms with Crippen molar-refractivity contribution in [2.45, 2.75) is 5.51 Å². The molecule has 0 spiro atoms. The van der Waals surface area contributed by atoms with Crippen molar-refractivity contribution in [2.75, 3.05) is 0 Å². The molecule has 0 saturated carbocycles. The molecule has 10 aromatic carbocycles. The molecule has 9 nitrogen and oxygen atoms in total. The third-order valence-corrected chi connectivity index (χ3v) is 19.6. The first-order chi connectivity index (χ1) is 39.4. The van der Waals surface area contributed by atoms with E-state index in [1.165, 1.54) is 0 Å². The summed E-state index contributed by atoms with van der Waals surface area (Å²) in [6.45, 7) is 0. The Hall–Kier alpha value is -8.27. The molecule has 0 amide bonds. The predicted molar refractivity (Wildman–Crippen MR) is 314 cm³/mol. The van der Waals surface area contributed by atoms with E-state index in [1.807, 2.05) is 206 Å². The summed E-state index contributed by atoms with van der Waals surface area (Å²) in [7, 11) is -12.3. The molecule has 0 unspecified atom stereocenters. The van der Waals surface area contributed by atoms with Gasteiger partial charge < -0.3 is 24.4 Å². The van der Waals surface area contributed by atoms with Crippen LogP contribution in [0.15, 0.2) is 315 Å². The van der Waals surface area contributed by atoms with Crippen molar-refractivity contribution >= 4 is 81.0 Å². The number of carbonyl (C=O) groups excluding carboxylic acids is 2. The van der Waals surface area contributed by atoms with Gasteiger partial charge in [-0.3, -0.25) is 9.59 Å². The van der Waals surface area contributed by atoms with Gasteiger partial charge in [0.15, 0.2) is 21.7 Å². The quantitative estimate of drug-likeness (QED) is 0.0247. The molecule has 10 rings (SSSR count). The van der Waals surface area contributed by atoms with Crippen LogP contribution in [0.3, 0.4) is 0 Å². The molecule has 418 valence electrons. The number of benzene rings is 10. The van der Waals surface area contributed by atoms with Crippen molar-refractivity contribution in [1.82, 2.24) is 0 Å². The van der Waals surface area contributed by atoms with Gasteiger partial charge in [0.1, 0.15) is 0 Å². The molecule has 0 bridgehead atoms. The van der Waals surface area contributed by atoms with Crippen molar-refractivity contribution in [3.63, 3.8) is 0 Å². The molecular weight excluding hydrogens is 1330 g/mol. The van der Waals surface area contributed by atoms with Gasteiger partial charge in [-0.25, -0.2) is 8.42 Å². The molecule has 0 saturated heterocycles. The summed E-state index contributed by atoms with van der Waals surface area (Å²) in [5.41, 5.74) is -3.55. The van der Waals surface area contributed by atoms with E-state index in [0.717, 1.165) is 43.3 Å². The zero-order chi connectivity index (χ0) is 58.9. The van der Waals surface area contributed by atoms with Crippen LogP contribution in [-0.2, 0) is 10.1 Å². The summed E-state index contributed by atoms with van der Waals surface area (Å²) in [6.07, 6.45) is 2.26. The van der Waals surface area contributed by atoms with Crippen LogP contribution in [0, 0.1) is 31.1 Å². The maximum absolute atomic E-state index is 13.8. The number of halogens is 3. The average Bonchev–Trinajstić information content (AvgIpc) is 3.54. The van der Waals surface area contributed by atoms with Gasteiger partial charge in [-0.1, -0.05) is 346 Å². The Morgan fingerprint density at radius 1 is 0.325 bits per heavy atom. The van der Waals surface area contributed by atoms with Crippen LogP contribution < -0.4 is 50.9 Å². The minimum Gasteiger partial charge on any atom is -0.872 e. The monoisotopic (exact) mass is 1380 g/mol. The maximum Gasteiger partial charge on any atom is 0.485 e. The van der Waals surface area contributed by atoms with E-state index in [-0.39, 0.29) is 54.2 Å². The molecule has 0 N–H and O–H groups in total. The van der Waals surface area contributed by atoms with Crippen molar-refractivity contribution in [1.29, 1.82) is 0 Å². The van der Waals surface area contributed by atoms with Gasteiger partial charge in [-0.2, -0.15) is 13.2 Å². The van der Waals surface area contributed by atoms with Crippen LogP contribution in [0.4, 0.5) is 13.2 Å². The number of ketones is 2. The fourth-order valence-electron chi connectivity index (χ4n) is 8.02. The van der Waals surface area contributed by atoms with Gasteiger partial charge >= 0.3 is 5.51 Å². The molecule has 16 heteroatoms. The second-order valence-electron chi connectivity index (χ2n) is 17.7. The summed E-state index contributed by atoms with van der Waals surface area (Å²) in [5.74, 6) is -1.06. The first-order valence-electron chi connectivity index (χ1n) is 25.3. The zero-order valence-corrected chi connectivity index (χ0v) is 51.2. The average molecular weight is 1380 g/mol. The predicted octanol–water partition coefficient (Wildman–Crippen LogP) is 6.62. The Bertz CT molecular complexity index is 3280. The van der Waals surface area contributed by atoms with Crippen LogP contribution in [0.1, 0.15) is 31.8 Å². The van der Waals surface area contributed by atoms with Crippen molar-refractivity contribution in [2.24, 2.45) is 0 Å². The Morgan fingerprint density at radius 2 is 0.470 bits per heavy atom. The van der Waals surface area contributed by atoms with Gasteiger partial charge in [0.2, 0.25) is 0 Å². The molecule has 0 heterocycles. The number of alkyl halides is 3. The van der Waals surface area contributed by atoms with E-state index in [2.05, 4.69) is 0 Å². The van der Waals surface area contributed by atoms with Crippen LogP contribution in [-0.4, -0.2) is 46.7 Å². The fraction of sp³-hybridized carbons (Fsp3) is 0.0149. The number of rotatable bonds is 12. The Balaban J connectivity index is 0.000000194. The van der Waals surface area contributed by atoms with Gasteiger partial charge in [0.05, 0.1) is 16.6 Å². The molecule has 0 atom stereocenters. The molecule has 0 aliphatic carbocycles. The van der Waals surface area contributed by atoms with Crippen LogP contribution in [0.25, 0.3) is 11.5 Å². The van der Waals surface area contributed by atoms with E-state index in [0.29, 0.717) is 22.3 Å². The van der Waals surface area contributed by atoms with E-state index >= 15 is 0 Å². The Morgan fingerprint density at radius 3 is 0.627 bits per heavy atom. The number of hydrogen-bond donors (Lipinski definition) is 0. The summed E-state index contributed by atoms with van der Waals surface area (Å²) >= 11 is 0. The van der Waals surface area contributed by atoms with Crippen molar-refractivity contribution in [3.8, 4) is 0 Å². The number of hydrogen-bond acceptors (Lipinski definition) is 9. The molecule has 0 aliphatic rings. The normalized spacial score (nSPS) is 11.3. The summed E-state index contributed by atoms with van der Waals surface area (Å²) in [5, 5.41) is 28.9. The molecular formula is C67H52F3O9SSi2U-5.